The quantitative estimate of drug-likeness (QED) is 0.726. The van der Waals surface area contributed by atoms with Gasteiger partial charge in [0, 0.05) is 5.56 Å². The van der Waals surface area contributed by atoms with E-state index in [2.05, 4.69) is 0 Å². The van der Waals surface area contributed by atoms with Crippen LogP contribution in [0, 0.1) is 0 Å². The van der Waals surface area contributed by atoms with E-state index in [0.29, 0.717) is 12.1 Å². The maximum atomic E-state index is 12.2. The van der Waals surface area contributed by atoms with Crippen LogP contribution < -0.4 is 5.32 Å². The molecule has 1 aromatic carbocycles. The number of nitrogens with two attached hydrogens (primary N) is 1. The van der Waals surface area contributed by atoms with Gasteiger partial charge in [0.25, 0.3) is 0 Å². The van der Waals surface area contributed by atoms with Crippen LogP contribution >= 0.6 is 0 Å². The van der Waals surface area contributed by atoms with Crippen molar-refractivity contribution in [1.82, 2.24) is 0 Å². The summed E-state index contributed by atoms with van der Waals surface area (Å²) in [5, 5.41) is 1.83. The Balaban J connectivity index is 2.92. The van der Waals surface area contributed by atoms with Gasteiger partial charge in [-0.3, -0.25) is 0 Å². The van der Waals surface area contributed by atoms with Gasteiger partial charge in [0.1, 0.15) is 6.54 Å². The summed E-state index contributed by atoms with van der Waals surface area (Å²) in [6.45, 7) is 0.573. The van der Waals surface area contributed by atoms with Gasteiger partial charge in [0.15, 0.2) is 0 Å². The summed E-state index contributed by atoms with van der Waals surface area (Å²) in [4.78, 5) is 0. The third-order valence-electron chi connectivity index (χ3n) is 1.69. The molecule has 0 saturated heterocycles. The smallest absolute Gasteiger partial charge is 0.345 e. The van der Waals surface area contributed by atoms with Crippen molar-refractivity contribution in [2.24, 2.45) is 0 Å². The van der Waals surface area contributed by atoms with Crippen LogP contribution in [0.25, 0.3) is 0 Å². The van der Waals surface area contributed by atoms with E-state index in [1.165, 1.54) is 12.1 Å². The maximum absolute atomic E-state index is 12.2. The highest BCUT2D eigenvalue weighted by Gasteiger charge is 2.30. The molecule has 4 heteroatoms. The average Bonchev–Trinajstić information content (AvgIpc) is 2.04. The van der Waals surface area contributed by atoms with Gasteiger partial charge in [-0.15, -0.1) is 0 Å². The second kappa shape index (κ2) is 3.79. The molecule has 1 rings (SSSR count). The van der Waals surface area contributed by atoms with E-state index in [1.54, 1.807) is 6.07 Å². The molecule has 0 aliphatic rings. The van der Waals surface area contributed by atoms with E-state index in [-0.39, 0.29) is 0 Å². The normalized spacial score (nSPS) is 11.7. The Morgan fingerprint density at radius 3 is 2.54 bits per heavy atom. The molecule has 1 aromatic rings. The fraction of sp³-hybridized carbons (Fsp3) is 0.333. The monoisotopic (exact) mass is 190 g/mol. The largest absolute Gasteiger partial charge is 0.416 e. The highest BCUT2D eigenvalue weighted by molar-refractivity contribution is 5.24. The van der Waals surface area contributed by atoms with Crippen molar-refractivity contribution >= 4 is 0 Å². The van der Waals surface area contributed by atoms with E-state index >= 15 is 0 Å². The van der Waals surface area contributed by atoms with E-state index in [1.807, 2.05) is 12.4 Å². The zero-order valence-corrected chi connectivity index (χ0v) is 7.23. The topological polar surface area (TPSA) is 16.6 Å². The van der Waals surface area contributed by atoms with Crippen LogP contribution in [0.2, 0.25) is 0 Å². The summed E-state index contributed by atoms with van der Waals surface area (Å²) in [5.74, 6) is 0. The number of benzene rings is 1. The summed E-state index contributed by atoms with van der Waals surface area (Å²) >= 11 is 0. The fourth-order valence-corrected chi connectivity index (χ4v) is 1.11. The van der Waals surface area contributed by atoms with E-state index in [4.69, 9.17) is 0 Å². The molecule has 2 N–H and O–H groups in total. The molecule has 0 spiro atoms. The second-order valence-electron chi connectivity index (χ2n) is 2.81. The Morgan fingerprint density at radius 2 is 2.00 bits per heavy atom. The minimum Gasteiger partial charge on any atom is -0.345 e. The van der Waals surface area contributed by atoms with Gasteiger partial charge in [0.2, 0.25) is 0 Å². The minimum absolute atomic E-state index is 0.573. The Kier molecular flexibility index (Phi) is 2.93. The number of hydrogen-bond donors (Lipinski definition) is 1. The minimum atomic E-state index is -4.23. The molecule has 0 radical (unpaired) electrons. The molecule has 0 aromatic heterocycles. The summed E-state index contributed by atoms with van der Waals surface area (Å²) < 4.78 is 36.6. The van der Waals surface area contributed by atoms with Crippen molar-refractivity contribution in [3.63, 3.8) is 0 Å². The van der Waals surface area contributed by atoms with Crippen molar-refractivity contribution in [3.8, 4) is 0 Å². The third kappa shape index (κ3) is 2.73. The second-order valence-corrected chi connectivity index (χ2v) is 2.81. The predicted octanol–water partition coefficient (Wildman–Crippen LogP) is 1.40. The number of rotatable bonds is 2. The number of hydrogen-bond acceptors (Lipinski definition) is 0. The third-order valence-corrected chi connectivity index (χ3v) is 1.69. The molecule has 0 fully saturated rings. The van der Waals surface area contributed by atoms with E-state index < -0.39 is 11.7 Å². The average molecular weight is 190 g/mol. The summed E-state index contributed by atoms with van der Waals surface area (Å²) in [7, 11) is 1.82. The lowest BCUT2D eigenvalue weighted by atomic mass is 10.1. The molecule has 0 unspecified atom stereocenters. The summed E-state index contributed by atoms with van der Waals surface area (Å²) in [6.07, 6.45) is -4.23. The van der Waals surface area contributed by atoms with Crippen molar-refractivity contribution in [1.29, 1.82) is 0 Å². The van der Waals surface area contributed by atoms with Gasteiger partial charge >= 0.3 is 6.18 Å². The lowest BCUT2D eigenvalue weighted by Gasteiger charge is -2.07. The lowest BCUT2D eigenvalue weighted by molar-refractivity contribution is -0.643. The van der Waals surface area contributed by atoms with Crippen LogP contribution in [0.4, 0.5) is 13.2 Å². The van der Waals surface area contributed by atoms with Crippen LogP contribution in [0.15, 0.2) is 24.3 Å². The molecule has 0 bridgehead atoms. The van der Waals surface area contributed by atoms with Crippen molar-refractivity contribution in [2.45, 2.75) is 12.7 Å². The van der Waals surface area contributed by atoms with Gasteiger partial charge in [0.05, 0.1) is 12.6 Å². The Morgan fingerprint density at radius 1 is 1.31 bits per heavy atom. The zero-order valence-electron chi connectivity index (χ0n) is 7.23. The van der Waals surface area contributed by atoms with Crippen LogP contribution in [-0.4, -0.2) is 7.05 Å². The molecule has 72 valence electrons. The molecule has 0 aliphatic heterocycles. The Hall–Kier alpha value is -1.03. The first-order chi connectivity index (χ1) is 6.04. The predicted molar refractivity (Wildman–Crippen MR) is 43.0 cm³/mol. The fourth-order valence-electron chi connectivity index (χ4n) is 1.11. The van der Waals surface area contributed by atoms with Gasteiger partial charge in [-0.05, 0) is 12.1 Å². The SMILES string of the molecule is C[NH2+]Cc1cccc(C(F)(F)F)c1. The maximum Gasteiger partial charge on any atom is 0.416 e. The van der Waals surface area contributed by atoms with Gasteiger partial charge in [-0.1, -0.05) is 12.1 Å². The van der Waals surface area contributed by atoms with Crippen LogP contribution in [-0.2, 0) is 12.7 Å². The molecule has 13 heavy (non-hydrogen) atoms. The van der Waals surface area contributed by atoms with Crippen LogP contribution in [0.1, 0.15) is 11.1 Å². The lowest BCUT2D eigenvalue weighted by Crippen LogP contribution is -2.77. The van der Waals surface area contributed by atoms with Crippen LogP contribution in [0.3, 0.4) is 0 Å². The van der Waals surface area contributed by atoms with Gasteiger partial charge in [-0.2, -0.15) is 13.2 Å². The van der Waals surface area contributed by atoms with Crippen LogP contribution in [0.5, 0.6) is 0 Å². The van der Waals surface area contributed by atoms with Gasteiger partial charge in [-0.25, -0.2) is 0 Å². The zero-order chi connectivity index (χ0) is 9.90. The summed E-state index contributed by atoms with van der Waals surface area (Å²) in [5.41, 5.74) is 0.115. The molecular formula is C9H11F3N+. The molecule has 0 heterocycles. The molecule has 0 atom stereocenters. The first-order valence-corrected chi connectivity index (χ1v) is 3.98. The van der Waals surface area contributed by atoms with Gasteiger partial charge < -0.3 is 5.32 Å². The Bertz CT molecular complexity index is 280. The molecule has 0 saturated carbocycles. The molecular weight excluding hydrogens is 179 g/mol. The molecule has 1 nitrogen and oxygen atoms in total. The highest BCUT2D eigenvalue weighted by Crippen LogP contribution is 2.29. The van der Waals surface area contributed by atoms with E-state index in [0.717, 1.165) is 6.07 Å². The standard InChI is InChI=1S/C9H10F3N/c1-13-6-7-3-2-4-8(5-7)9(10,11)12/h2-5,13H,6H2,1H3/p+1. The number of quaternary nitrogens is 1. The van der Waals surface area contributed by atoms with Crippen molar-refractivity contribution in [2.75, 3.05) is 7.05 Å². The molecule has 0 amide bonds. The number of alkyl halides is 3. The van der Waals surface area contributed by atoms with E-state index in [9.17, 15) is 13.2 Å². The van der Waals surface area contributed by atoms with Crippen molar-refractivity contribution < 1.29 is 18.5 Å². The first-order valence-electron chi connectivity index (χ1n) is 3.98. The highest BCUT2D eigenvalue weighted by atomic mass is 19.4. The Labute approximate surface area is 74.6 Å². The van der Waals surface area contributed by atoms with Crippen molar-refractivity contribution in [3.05, 3.63) is 35.4 Å². The molecule has 0 aliphatic carbocycles. The summed E-state index contributed by atoms with van der Waals surface area (Å²) in [6, 6.07) is 5.38. The number of halogens is 3. The first kappa shape index (κ1) is 10.1.